The number of hydrogen-bond donors (Lipinski definition) is 1. The van der Waals surface area contributed by atoms with Crippen molar-refractivity contribution in [1.82, 2.24) is 4.98 Å². The number of hydrogen-bond acceptors (Lipinski definition) is 5. The Kier molecular flexibility index (Phi) is 4.28. The lowest BCUT2D eigenvalue weighted by Crippen LogP contribution is -2.50. The Morgan fingerprint density at radius 2 is 2.20 bits per heavy atom. The average molecular weight is 277 g/mol. The van der Waals surface area contributed by atoms with Crippen LogP contribution in [-0.4, -0.2) is 29.3 Å². The summed E-state index contributed by atoms with van der Waals surface area (Å²) < 4.78 is 5.44. The Bertz CT molecular complexity index is 456. The molecule has 1 fully saturated rings. The molecule has 0 aromatic carbocycles. The fourth-order valence-electron chi connectivity index (χ4n) is 2.40. The van der Waals surface area contributed by atoms with Crippen LogP contribution in [-0.2, 0) is 9.53 Å². The molecule has 1 aliphatic rings. The maximum absolute atomic E-state index is 12.1. The second-order valence-electron chi connectivity index (χ2n) is 6.20. The van der Waals surface area contributed by atoms with Crippen LogP contribution < -0.4 is 10.6 Å². The van der Waals surface area contributed by atoms with E-state index in [0.29, 0.717) is 6.42 Å². The summed E-state index contributed by atoms with van der Waals surface area (Å²) in [7, 11) is 0. The van der Waals surface area contributed by atoms with E-state index in [-0.39, 0.29) is 18.1 Å². The molecular formula is C15H23N3O2. The van der Waals surface area contributed by atoms with Crippen LogP contribution in [0.25, 0.3) is 0 Å². The first-order valence-corrected chi connectivity index (χ1v) is 7.03. The number of nitrogens with zero attached hydrogens (tertiary/aromatic N) is 2. The highest BCUT2D eigenvalue weighted by atomic mass is 16.6. The van der Waals surface area contributed by atoms with Crippen LogP contribution in [0, 0.1) is 5.92 Å². The highest BCUT2D eigenvalue weighted by molar-refractivity contribution is 5.73. The van der Waals surface area contributed by atoms with E-state index in [1.54, 1.807) is 6.20 Å². The SMILES string of the molecule is CC(C)(C)OC(=O)C1CCN(c2ccccn2)C(N)C1. The minimum atomic E-state index is -0.445. The zero-order valence-electron chi connectivity index (χ0n) is 12.4. The minimum Gasteiger partial charge on any atom is -0.460 e. The smallest absolute Gasteiger partial charge is 0.309 e. The molecule has 0 saturated carbocycles. The number of ether oxygens (including phenoxy) is 1. The molecule has 2 atom stereocenters. The van der Waals surface area contributed by atoms with Crippen molar-refractivity contribution in [1.29, 1.82) is 0 Å². The van der Waals surface area contributed by atoms with Crippen molar-refractivity contribution < 1.29 is 9.53 Å². The fourth-order valence-corrected chi connectivity index (χ4v) is 2.40. The Balaban J connectivity index is 1.97. The third-order valence-electron chi connectivity index (χ3n) is 3.33. The van der Waals surface area contributed by atoms with Gasteiger partial charge in [-0.3, -0.25) is 4.79 Å². The Morgan fingerprint density at radius 3 is 2.75 bits per heavy atom. The van der Waals surface area contributed by atoms with Gasteiger partial charge >= 0.3 is 5.97 Å². The average Bonchev–Trinajstić information content (AvgIpc) is 2.37. The third kappa shape index (κ3) is 3.70. The molecule has 2 rings (SSSR count). The zero-order chi connectivity index (χ0) is 14.8. The second-order valence-corrected chi connectivity index (χ2v) is 6.20. The van der Waals surface area contributed by atoms with Crippen molar-refractivity contribution >= 4 is 11.8 Å². The predicted octanol–water partition coefficient (Wildman–Crippen LogP) is 1.92. The number of piperidine rings is 1. The van der Waals surface area contributed by atoms with Crippen molar-refractivity contribution in [2.24, 2.45) is 11.7 Å². The normalized spacial score (nSPS) is 23.5. The van der Waals surface area contributed by atoms with Gasteiger partial charge in [-0.25, -0.2) is 4.98 Å². The first-order valence-electron chi connectivity index (χ1n) is 7.03. The maximum Gasteiger partial charge on any atom is 0.309 e. The number of nitrogens with two attached hydrogens (primary N) is 1. The first-order chi connectivity index (χ1) is 9.37. The van der Waals surface area contributed by atoms with Gasteiger partial charge < -0.3 is 15.4 Å². The van der Waals surface area contributed by atoms with Crippen LogP contribution in [0.2, 0.25) is 0 Å². The topological polar surface area (TPSA) is 68.5 Å². The van der Waals surface area contributed by atoms with Crippen LogP contribution >= 0.6 is 0 Å². The van der Waals surface area contributed by atoms with E-state index in [1.165, 1.54) is 0 Å². The molecule has 1 aromatic heterocycles. The monoisotopic (exact) mass is 277 g/mol. The molecular weight excluding hydrogens is 254 g/mol. The van der Waals surface area contributed by atoms with Crippen LogP contribution in [0.15, 0.2) is 24.4 Å². The molecule has 0 amide bonds. The molecule has 2 heterocycles. The summed E-state index contributed by atoms with van der Waals surface area (Å²) in [5, 5.41) is 0. The third-order valence-corrected chi connectivity index (χ3v) is 3.33. The summed E-state index contributed by atoms with van der Waals surface area (Å²) >= 11 is 0. The summed E-state index contributed by atoms with van der Waals surface area (Å²) in [6, 6.07) is 5.76. The van der Waals surface area contributed by atoms with E-state index < -0.39 is 5.60 Å². The molecule has 110 valence electrons. The van der Waals surface area contributed by atoms with Gasteiger partial charge in [-0.1, -0.05) is 6.07 Å². The number of carbonyl (C=O) groups is 1. The Morgan fingerprint density at radius 1 is 1.45 bits per heavy atom. The van der Waals surface area contributed by atoms with Gasteiger partial charge in [0.15, 0.2) is 0 Å². The van der Waals surface area contributed by atoms with Crippen LogP contribution in [0.1, 0.15) is 33.6 Å². The lowest BCUT2D eigenvalue weighted by molar-refractivity contribution is -0.161. The standard InChI is InChI=1S/C15H23N3O2/c1-15(2,3)20-14(19)11-7-9-18(12(16)10-11)13-6-4-5-8-17-13/h4-6,8,11-12H,7,9-10,16H2,1-3H3. The Labute approximate surface area is 120 Å². The molecule has 2 unspecified atom stereocenters. The number of esters is 1. The first kappa shape index (κ1) is 14.8. The van der Waals surface area contributed by atoms with Crippen molar-refractivity contribution in [3.63, 3.8) is 0 Å². The van der Waals surface area contributed by atoms with Gasteiger partial charge in [0, 0.05) is 12.7 Å². The van der Waals surface area contributed by atoms with E-state index in [1.807, 2.05) is 43.9 Å². The molecule has 0 bridgehead atoms. The minimum absolute atomic E-state index is 0.121. The van der Waals surface area contributed by atoms with Crippen LogP contribution in [0.4, 0.5) is 5.82 Å². The molecule has 0 spiro atoms. The van der Waals surface area contributed by atoms with Gasteiger partial charge in [0.05, 0.1) is 12.1 Å². The lowest BCUT2D eigenvalue weighted by Gasteiger charge is -2.37. The molecule has 5 nitrogen and oxygen atoms in total. The largest absolute Gasteiger partial charge is 0.460 e. The van der Waals surface area contributed by atoms with Crippen LogP contribution in [0.3, 0.4) is 0 Å². The van der Waals surface area contributed by atoms with Gasteiger partial charge in [0.25, 0.3) is 0 Å². The number of aromatic nitrogens is 1. The van der Waals surface area contributed by atoms with E-state index in [0.717, 1.165) is 18.8 Å². The maximum atomic E-state index is 12.1. The predicted molar refractivity (Wildman–Crippen MR) is 78.1 cm³/mol. The summed E-state index contributed by atoms with van der Waals surface area (Å²) in [6.07, 6.45) is 2.91. The Hall–Kier alpha value is -1.62. The lowest BCUT2D eigenvalue weighted by atomic mass is 9.94. The summed E-state index contributed by atoms with van der Waals surface area (Å²) in [5.41, 5.74) is 5.74. The highest BCUT2D eigenvalue weighted by Crippen LogP contribution is 2.26. The molecule has 2 N–H and O–H groups in total. The number of rotatable bonds is 2. The van der Waals surface area contributed by atoms with E-state index in [4.69, 9.17) is 10.5 Å². The van der Waals surface area contributed by atoms with Gasteiger partial charge in [-0.15, -0.1) is 0 Å². The number of pyridine rings is 1. The highest BCUT2D eigenvalue weighted by Gasteiger charge is 2.33. The van der Waals surface area contributed by atoms with Gasteiger partial charge in [-0.05, 0) is 45.7 Å². The molecule has 0 radical (unpaired) electrons. The van der Waals surface area contributed by atoms with Gasteiger partial charge in [0.2, 0.25) is 0 Å². The van der Waals surface area contributed by atoms with E-state index >= 15 is 0 Å². The quantitative estimate of drug-likeness (QED) is 0.836. The second kappa shape index (κ2) is 5.79. The van der Waals surface area contributed by atoms with Crippen molar-refractivity contribution in [2.75, 3.05) is 11.4 Å². The summed E-state index contributed by atoms with van der Waals surface area (Å²) in [6.45, 7) is 6.37. The number of carbonyl (C=O) groups excluding carboxylic acids is 1. The zero-order valence-corrected chi connectivity index (χ0v) is 12.4. The van der Waals surface area contributed by atoms with E-state index in [2.05, 4.69) is 4.98 Å². The summed E-state index contributed by atoms with van der Waals surface area (Å²) in [5.74, 6) is 0.598. The van der Waals surface area contributed by atoms with Crippen LogP contribution in [0.5, 0.6) is 0 Å². The number of anilines is 1. The summed E-state index contributed by atoms with van der Waals surface area (Å²) in [4.78, 5) is 18.4. The van der Waals surface area contributed by atoms with E-state index in [9.17, 15) is 4.79 Å². The molecule has 1 aliphatic heterocycles. The van der Waals surface area contributed by atoms with Crippen molar-refractivity contribution in [3.8, 4) is 0 Å². The van der Waals surface area contributed by atoms with Crippen molar-refractivity contribution in [2.45, 2.75) is 45.4 Å². The molecule has 1 aromatic rings. The molecule has 0 aliphatic carbocycles. The van der Waals surface area contributed by atoms with Gasteiger partial charge in [0.1, 0.15) is 11.4 Å². The van der Waals surface area contributed by atoms with Crippen molar-refractivity contribution in [3.05, 3.63) is 24.4 Å². The molecule has 5 heteroatoms. The molecule has 1 saturated heterocycles. The fraction of sp³-hybridized carbons (Fsp3) is 0.600. The van der Waals surface area contributed by atoms with Gasteiger partial charge in [-0.2, -0.15) is 0 Å². The molecule has 20 heavy (non-hydrogen) atoms.